The maximum absolute atomic E-state index is 12.5. The van der Waals surface area contributed by atoms with E-state index in [4.69, 9.17) is 4.74 Å². The Hall–Kier alpha value is -2.53. The van der Waals surface area contributed by atoms with Crippen molar-refractivity contribution in [1.82, 2.24) is 9.13 Å². The molecule has 120 valence electrons. The van der Waals surface area contributed by atoms with Crippen LogP contribution in [-0.2, 0) is 13.1 Å². The molecule has 0 radical (unpaired) electrons. The number of aryl methyl sites for hydroxylation is 1. The average Bonchev–Trinajstić information content (AvgIpc) is 2.85. The maximum atomic E-state index is 12.5. The second kappa shape index (κ2) is 6.71. The Balaban J connectivity index is 1.78. The Morgan fingerprint density at radius 1 is 1.00 bits per heavy atom. The summed E-state index contributed by atoms with van der Waals surface area (Å²) >= 11 is 0. The lowest BCUT2D eigenvalue weighted by Gasteiger charge is -2.13. The summed E-state index contributed by atoms with van der Waals surface area (Å²) in [5.74, 6) is 0.704. The monoisotopic (exact) mass is 312 g/mol. The minimum absolute atomic E-state index is 0.104. The number of rotatable bonds is 6. The highest BCUT2D eigenvalue weighted by molar-refractivity contribution is 5.75. The van der Waals surface area contributed by atoms with Crippen LogP contribution in [-0.4, -0.2) is 27.0 Å². The van der Waals surface area contributed by atoms with Gasteiger partial charge in [-0.3, -0.25) is 9.13 Å². The summed E-state index contributed by atoms with van der Waals surface area (Å²) < 4.78 is 8.87. The van der Waals surface area contributed by atoms with Crippen molar-refractivity contribution in [2.75, 3.05) is 6.61 Å². The quantitative estimate of drug-likeness (QED) is 0.759. The second-order valence-corrected chi connectivity index (χ2v) is 5.40. The zero-order chi connectivity index (χ0) is 16.2. The zero-order valence-corrected chi connectivity index (χ0v) is 13.1. The molecular weight excluding hydrogens is 292 g/mol. The summed E-state index contributed by atoms with van der Waals surface area (Å²) in [6, 6.07) is 16.9. The number of aromatic nitrogens is 2. The van der Waals surface area contributed by atoms with Crippen molar-refractivity contribution in [2.45, 2.75) is 26.1 Å². The van der Waals surface area contributed by atoms with Gasteiger partial charge in [-0.05, 0) is 31.2 Å². The van der Waals surface area contributed by atoms with Gasteiger partial charge < -0.3 is 9.84 Å². The van der Waals surface area contributed by atoms with Gasteiger partial charge in [0.1, 0.15) is 18.5 Å². The van der Waals surface area contributed by atoms with Gasteiger partial charge in [0.15, 0.2) is 0 Å². The van der Waals surface area contributed by atoms with Crippen LogP contribution >= 0.6 is 0 Å². The average molecular weight is 312 g/mol. The van der Waals surface area contributed by atoms with Crippen LogP contribution in [0, 0.1) is 0 Å². The number of aliphatic hydroxyl groups excluding tert-OH is 1. The summed E-state index contributed by atoms with van der Waals surface area (Å²) in [5, 5.41) is 10.2. The molecule has 0 bridgehead atoms. The van der Waals surface area contributed by atoms with E-state index in [1.54, 1.807) is 9.13 Å². The van der Waals surface area contributed by atoms with Gasteiger partial charge in [0.2, 0.25) is 0 Å². The van der Waals surface area contributed by atoms with Crippen LogP contribution in [0.3, 0.4) is 0 Å². The van der Waals surface area contributed by atoms with Crippen molar-refractivity contribution >= 4 is 11.0 Å². The van der Waals surface area contributed by atoms with E-state index >= 15 is 0 Å². The number of fused-ring (bicyclic) bond motifs is 1. The van der Waals surface area contributed by atoms with Crippen LogP contribution in [0.5, 0.6) is 5.75 Å². The lowest BCUT2D eigenvalue weighted by atomic mass is 10.3. The van der Waals surface area contributed by atoms with Crippen LogP contribution in [0.2, 0.25) is 0 Å². The van der Waals surface area contributed by atoms with Gasteiger partial charge in [0, 0.05) is 6.54 Å². The molecule has 5 heteroatoms. The predicted octanol–water partition coefficient (Wildman–Crippen LogP) is 2.26. The highest BCUT2D eigenvalue weighted by atomic mass is 16.5. The largest absolute Gasteiger partial charge is 0.491 e. The number of hydrogen-bond acceptors (Lipinski definition) is 3. The van der Waals surface area contributed by atoms with E-state index in [2.05, 4.69) is 0 Å². The molecule has 3 rings (SSSR count). The third kappa shape index (κ3) is 3.14. The molecule has 0 fully saturated rings. The van der Waals surface area contributed by atoms with Crippen molar-refractivity contribution in [3.8, 4) is 5.75 Å². The lowest BCUT2D eigenvalue weighted by Crippen LogP contribution is -2.31. The van der Waals surface area contributed by atoms with Crippen molar-refractivity contribution in [3.63, 3.8) is 0 Å². The van der Waals surface area contributed by atoms with E-state index in [-0.39, 0.29) is 18.8 Å². The molecule has 0 aliphatic carbocycles. The molecule has 1 unspecified atom stereocenters. The standard InChI is InChI=1S/C18H20N2O3/c1-2-19-16-10-6-7-11-17(16)20(18(19)22)12-14(21)13-23-15-8-4-3-5-9-15/h3-11,14,21H,2,12-13H2,1H3. The minimum Gasteiger partial charge on any atom is -0.491 e. The van der Waals surface area contributed by atoms with Gasteiger partial charge >= 0.3 is 5.69 Å². The fraction of sp³-hybridized carbons (Fsp3) is 0.278. The Bertz CT molecular complexity index is 836. The normalized spacial score (nSPS) is 12.4. The van der Waals surface area contributed by atoms with E-state index in [0.717, 1.165) is 11.0 Å². The Labute approximate surface area is 134 Å². The van der Waals surface area contributed by atoms with Gasteiger partial charge in [0.05, 0.1) is 17.6 Å². The van der Waals surface area contributed by atoms with Crippen molar-refractivity contribution in [2.24, 2.45) is 0 Å². The predicted molar refractivity (Wildman–Crippen MR) is 89.8 cm³/mol. The number of aliphatic hydroxyl groups is 1. The summed E-state index contributed by atoms with van der Waals surface area (Å²) in [6.07, 6.45) is -0.760. The van der Waals surface area contributed by atoms with Gasteiger partial charge in [-0.15, -0.1) is 0 Å². The number of ether oxygens (including phenoxy) is 1. The molecule has 1 N–H and O–H groups in total. The first-order valence-electron chi connectivity index (χ1n) is 7.74. The summed E-state index contributed by atoms with van der Waals surface area (Å²) in [6.45, 7) is 2.89. The van der Waals surface area contributed by atoms with Crippen molar-refractivity contribution in [3.05, 3.63) is 65.1 Å². The van der Waals surface area contributed by atoms with Crippen LogP contribution in [0.25, 0.3) is 11.0 Å². The molecule has 1 atom stereocenters. The number of benzene rings is 2. The van der Waals surface area contributed by atoms with E-state index in [1.165, 1.54) is 0 Å². The van der Waals surface area contributed by atoms with Crippen LogP contribution in [0.1, 0.15) is 6.92 Å². The fourth-order valence-corrected chi connectivity index (χ4v) is 2.73. The molecule has 3 aromatic rings. The topological polar surface area (TPSA) is 56.4 Å². The number of hydrogen-bond donors (Lipinski definition) is 1. The van der Waals surface area contributed by atoms with Crippen LogP contribution in [0.4, 0.5) is 0 Å². The smallest absolute Gasteiger partial charge is 0.329 e. The minimum atomic E-state index is -0.760. The van der Waals surface area contributed by atoms with E-state index in [1.807, 2.05) is 61.5 Å². The highest BCUT2D eigenvalue weighted by Gasteiger charge is 2.15. The van der Waals surface area contributed by atoms with E-state index < -0.39 is 6.10 Å². The van der Waals surface area contributed by atoms with E-state index in [9.17, 15) is 9.90 Å². The Morgan fingerprint density at radius 3 is 2.26 bits per heavy atom. The number of nitrogens with zero attached hydrogens (tertiary/aromatic N) is 2. The first-order valence-corrected chi connectivity index (χ1v) is 7.74. The molecule has 0 aliphatic heterocycles. The first-order chi connectivity index (χ1) is 11.2. The van der Waals surface area contributed by atoms with Crippen molar-refractivity contribution in [1.29, 1.82) is 0 Å². The van der Waals surface area contributed by atoms with Crippen LogP contribution in [0.15, 0.2) is 59.4 Å². The third-order valence-electron chi connectivity index (χ3n) is 3.82. The fourth-order valence-electron chi connectivity index (χ4n) is 2.73. The van der Waals surface area contributed by atoms with E-state index in [0.29, 0.717) is 12.3 Å². The van der Waals surface area contributed by atoms with Gasteiger partial charge in [-0.1, -0.05) is 30.3 Å². The Morgan fingerprint density at radius 2 is 1.61 bits per heavy atom. The maximum Gasteiger partial charge on any atom is 0.329 e. The summed E-state index contributed by atoms with van der Waals surface area (Å²) in [4.78, 5) is 12.5. The molecule has 0 saturated heterocycles. The van der Waals surface area contributed by atoms with Gasteiger partial charge in [-0.2, -0.15) is 0 Å². The van der Waals surface area contributed by atoms with Crippen LogP contribution < -0.4 is 10.4 Å². The molecular formula is C18H20N2O3. The molecule has 0 aliphatic rings. The molecule has 1 aromatic heterocycles. The molecule has 0 saturated carbocycles. The lowest BCUT2D eigenvalue weighted by molar-refractivity contribution is 0.0925. The third-order valence-corrected chi connectivity index (χ3v) is 3.82. The molecule has 23 heavy (non-hydrogen) atoms. The number of para-hydroxylation sites is 3. The zero-order valence-electron chi connectivity index (χ0n) is 13.1. The molecule has 5 nitrogen and oxygen atoms in total. The second-order valence-electron chi connectivity index (χ2n) is 5.40. The van der Waals surface area contributed by atoms with Crippen molar-refractivity contribution < 1.29 is 9.84 Å². The first kappa shape index (κ1) is 15.4. The molecule has 2 aromatic carbocycles. The molecule has 1 heterocycles. The molecule has 0 amide bonds. The molecule has 0 spiro atoms. The summed E-state index contributed by atoms with van der Waals surface area (Å²) in [5.41, 5.74) is 1.61. The van der Waals surface area contributed by atoms with Gasteiger partial charge in [0.25, 0.3) is 0 Å². The number of imidazole rings is 1. The Kier molecular flexibility index (Phi) is 4.48. The summed E-state index contributed by atoms with van der Waals surface area (Å²) in [7, 11) is 0. The highest BCUT2D eigenvalue weighted by Crippen LogP contribution is 2.14. The SMILES string of the molecule is CCn1c(=O)n(CC(O)COc2ccccc2)c2ccccc21. The van der Waals surface area contributed by atoms with Gasteiger partial charge in [-0.25, -0.2) is 4.79 Å².